The first-order valence-electron chi connectivity index (χ1n) is 4.96. The molecule has 3 aliphatic carbocycles. The molecule has 3 atom stereocenters. The quantitative estimate of drug-likeness (QED) is 0.542. The van der Waals surface area contributed by atoms with Gasteiger partial charge in [0.05, 0.1) is 0 Å². The molecule has 0 spiro atoms. The molecule has 0 saturated heterocycles. The molecule has 0 aromatic rings. The summed E-state index contributed by atoms with van der Waals surface area (Å²) in [4.78, 5) is 0.916. The monoisotopic (exact) mass is 214 g/mol. The van der Waals surface area contributed by atoms with Crippen molar-refractivity contribution in [3.8, 4) is 0 Å². The third-order valence-electron chi connectivity index (χ3n) is 4.62. The Balaban J connectivity index is 1.99. The molecule has 1 unspecified atom stereocenters. The van der Waals surface area contributed by atoms with Crippen LogP contribution in [0, 0.1) is 10.8 Å². The molecule has 0 radical (unpaired) electrons. The van der Waals surface area contributed by atoms with E-state index in [1.807, 2.05) is 0 Å². The van der Waals surface area contributed by atoms with Gasteiger partial charge in [-0.05, 0) is 36.5 Å². The van der Waals surface area contributed by atoms with E-state index in [2.05, 4.69) is 15.9 Å². The zero-order valence-electron chi connectivity index (χ0n) is 6.91. The lowest BCUT2D eigenvalue weighted by Crippen LogP contribution is -2.12. The second kappa shape index (κ2) is 1.86. The van der Waals surface area contributed by atoms with Gasteiger partial charge in [0.1, 0.15) is 0 Å². The first-order chi connectivity index (χ1) is 5.32. The predicted molar refractivity (Wildman–Crippen MR) is 49.9 cm³/mol. The topological polar surface area (TPSA) is 0 Å². The summed E-state index contributed by atoms with van der Waals surface area (Å²) in [6, 6.07) is 0. The lowest BCUT2D eigenvalue weighted by Gasteiger charge is -2.22. The van der Waals surface area contributed by atoms with E-state index in [1.165, 1.54) is 44.9 Å². The fourth-order valence-electron chi connectivity index (χ4n) is 4.03. The first-order valence-corrected chi connectivity index (χ1v) is 5.88. The molecule has 3 aliphatic rings. The Kier molecular flexibility index (Phi) is 1.18. The standard InChI is InChI=1S/C10H15Br/c11-8-9-4-1-2-5-10(8,9)7-3-6-9/h8H,1-7H2/t8?,9-,10+. The van der Waals surface area contributed by atoms with E-state index in [0.29, 0.717) is 0 Å². The summed E-state index contributed by atoms with van der Waals surface area (Å²) in [5.41, 5.74) is 1.62. The summed E-state index contributed by atoms with van der Waals surface area (Å²) in [7, 11) is 0. The van der Waals surface area contributed by atoms with Gasteiger partial charge in [0.25, 0.3) is 0 Å². The summed E-state index contributed by atoms with van der Waals surface area (Å²) >= 11 is 3.90. The highest BCUT2D eigenvalue weighted by atomic mass is 79.9. The molecule has 0 aliphatic heterocycles. The Labute approximate surface area is 76.9 Å². The van der Waals surface area contributed by atoms with Crippen LogP contribution < -0.4 is 0 Å². The summed E-state index contributed by atoms with van der Waals surface area (Å²) in [5.74, 6) is 0. The van der Waals surface area contributed by atoms with Crippen LogP contribution in [0.3, 0.4) is 0 Å². The smallest absolute Gasteiger partial charge is 0.0270 e. The Morgan fingerprint density at radius 2 is 1.27 bits per heavy atom. The molecule has 3 fully saturated rings. The van der Waals surface area contributed by atoms with Gasteiger partial charge in [-0.3, -0.25) is 0 Å². The average Bonchev–Trinajstić information content (AvgIpc) is 2.44. The SMILES string of the molecule is BrC1[C@@]23CCCC[C@@]12CCC3. The van der Waals surface area contributed by atoms with E-state index >= 15 is 0 Å². The van der Waals surface area contributed by atoms with Crippen molar-refractivity contribution in [2.75, 3.05) is 0 Å². The molecule has 1 heteroatoms. The molecule has 0 heterocycles. The zero-order valence-corrected chi connectivity index (χ0v) is 8.49. The minimum absolute atomic E-state index is 0.811. The van der Waals surface area contributed by atoms with Crippen molar-refractivity contribution in [1.82, 2.24) is 0 Å². The molecule has 62 valence electrons. The molecule has 3 rings (SSSR count). The molecule has 0 aromatic carbocycles. The number of hydrogen-bond donors (Lipinski definition) is 0. The van der Waals surface area contributed by atoms with Crippen LogP contribution in [0.25, 0.3) is 0 Å². The van der Waals surface area contributed by atoms with Crippen LogP contribution in [0.15, 0.2) is 0 Å². The summed E-state index contributed by atoms with van der Waals surface area (Å²) in [6.07, 6.45) is 10.6. The molecule has 0 aromatic heterocycles. The first kappa shape index (κ1) is 6.94. The molecular weight excluding hydrogens is 200 g/mol. The zero-order chi connectivity index (χ0) is 7.53. The van der Waals surface area contributed by atoms with Crippen molar-refractivity contribution in [2.45, 2.75) is 49.8 Å². The second-order valence-corrected chi connectivity index (χ2v) is 5.65. The number of rotatable bonds is 0. The molecule has 0 amide bonds. The molecule has 0 nitrogen and oxygen atoms in total. The highest BCUT2D eigenvalue weighted by Gasteiger charge is 2.76. The number of hydrogen-bond acceptors (Lipinski definition) is 0. The van der Waals surface area contributed by atoms with Gasteiger partial charge in [0, 0.05) is 4.83 Å². The van der Waals surface area contributed by atoms with Crippen LogP contribution in [0.2, 0.25) is 0 Å². The normalized spacial score (nSPS) is 60.3. The van der Waals surface area contributed by atoms with Crippen molar-refractivity contribution in [1.29, 1.82) is 0 Å². The Hall–Kier alpha value is 0.480. The average molecular weight is 215 g/mol. The third kappa shape index (κ3) is 0.566. The number of halogens is 1. The minimum atomic E-state index is 0.811. The Morgan fingerprint density at radius 3 is 1.82 bits per heavy atom. The molecule has 11 heavy (non-hydrogen) atoms. The van der Waals surface area contributed by atoms with Crippen LogP contribution in [0.4, 0.5) is 0 Å². The van der Waals surface area contributed by atoms with E-state index in [1.54, 1.807) is 0 Å². The molecule has 0 N–H and O–H groups in total. The van der Waals surface area contributed by atoms with Crippen LogP contribution in [-0.4, -0.2) is 4.83 Å². The van der Waals surface area contributed by atoms with Crippen molar-refractivity contribution >= 4 is 15.9 Å². The van der Waals surface area contributed by atoms with Gasteiger partial charge in [-0.25, -0.2) is 0 Å². The Bertz CT molecular complexity index is 181. The van der Waals surface area contributed by atoms with E-state index in [4.69, 9.17) is 0 Å². The fourth-order valence-corrected chi connectivity index (χ4v) is 5.73. The van der Waals surface area contributed by atoms with Crippen LogP contribution in [-0.2, 0) is 0 Å². The molecule has 0 bridgehead atoms. The summed E-state index contributed by atoms with van der Waals surface area (Å²) < 4.78 is 0. The van der Waals surface area contributed by atoms with Crippen LogP contribution in [0.5, 0.6) is 0 Å². The van der Waals surface area contributed by atoms with Gasteiger partial charge in [0.15, 0.2) is 0 Å². The summed E-state index contributed by atoms with van der Waals surface area (Å²) in [5, 5.41) is 0. The maximum Gasteiger partial charge on any atom is 0.0270 e. The lowest BCUT2D eigenvalue weighted by molar-refractivity contribution is 0.277. The van der Waals surface area contributed by atoms with Gasteiger partial charge < -0.3 is 0 Å². The maximum atomic E-state index is 3.90. The molecule has 3 saturated carbocycles. The van der Waals surface area contributed by atoms with Crippen molar-refractivity contribution in [3.05, 3.63) is 0 Å². The van der Waals surface area contributed by atoms with Crippen molar-refractivity contribution in [3.63, 3.8) is 0 Å². The van der Waals surface area contributed by atoms with Crippen molar-refractivity contribution in [2.24, 2.45) is 10.8 Å². The van der Waals surface area contributed by atoms with Gasteiger partial charge in [0.2, 0.25) is 0 Å². The van der Waals surface area contributed by atoms with Crippen LogP contribution >= 0.6 is 15.9 Å². The molecular formula is C10H15Br. The van der Waals surface area contributed by atoms with E-state index in [9.17, 15) is 0 Å². The van der Waals surface area contributed by atoms with Gasteiger partial charge >= 0.3 is 0 Å². The van der Waals surface area contributed by atoms with Crippen molar-refractivity contribution < 1.29 is 0 Å². The highest BCUT2D eigenvalue weighted by Crippen LogP contribution is 2.81. The van der Waals surface area contributed by atoms with Gasteiger partial charge in [-0.1, -0.05) is 35.2 Å². The minimum Gasteiger partial charge on any atom is -0.0878 e. The van der Waals surface area contributed by atoms with E-state index in [-0.39, 0.29) is 0 Å². The van der Waals surface area contributed by atoms with E-state index in [0.717, 1.165) is 15.7 Å². The van der Waals surface area contributed by atoms with Gasteiger partial charge in [-0.2, -0.15) is 0 Å². The van der Waals surface area contributed by atoms with Crippen LogP contribution in [0.1, 0.15) is 44.9 Å². The maximum absolute atomic E-state index is 3.90. The lowest BCUT2D eigenvalue weighted by atomic mass is 9.82. The number of alkyl halides is 1. The third-order valence-corrected chi connectivity index (χ3v) is 6.37. The Morgan fingerprint density at radius 1 is 0.818 bits per heavy atom. The largest absolute Gasteiger partial charge is 0.0878 e. The van der Waals surface area contributed by atoms with Gasteiger partial charge in [-0.15, -0.1) is 0 Å². The highest BCUT2D eigenvalue weighted by molar-refractivity contribution is 9.09. The predicted octanol–water partition coefficient (Wildman–Crippen LogP) is 3.49. The fraction of sp³-hybridized carbons (Fsp3) is 1.00. The summed E-state index contributed by atoms with van der Waals surface area (Å²) in [6.45, 7) is 0. The second-order valence-electron chi connectivity index (χ2n) is 4.74. The van der Waals surface area contributed by atoms with E-state index < -0.39 is 0 Å².